The van der Waals surface area contributed by atoms with Crippen molar-refractivity contribution in [1.29, 1.82) is 0 Å². The second-order valence-corrected chi connectivity index (χ2v) is 8.13. The molecule has 0 heterocycles. The molecule has 0 bridgehead atoms. The third-order valence-electron chi connectivity index (χ3n) is 5.10. The monoisotopic (exact) mass is 473 g/mol. The predicted octanol–water partition coefficient (Wildman–Crippen LogP) is 5.48. The molecule has 2 rings (SSSR count). The maximum absolute atomic E-state index is 9.10. The van der Waals surface area contributed by atoms with Crippen LogP contribution in [0.4, 0.5) is 0 Å². The first-order valence-corrected chi connectivity index (χ1v) is 12.0. The minimum atomic E-state index is -1.82. The maximum Gasteiger partial charge on any atom is 0.414 e. The van der Waals surface area contributed by atoms with Crippen LogP contribution >= 0.6 is 0 Å². The van der Waals surface area contributed by atoms with Crippen molar-refractivity contribution in [3.8, 4) is 11.5 Å². The Morgan fingerprint density at radius 2 is 1.26 bits per heavy atom. The van der Waals surface area contributed by atoms with Gasteiger partial charge in [0.2, 0.25) is 0 Å². The molecule has 0 unspecified atom stereocenters. The van der Waals surface area contributed by atoms with Crippen LogP contribution in [0.3, 0.4) is 0 Å². The number of aliphatic carboxylic acids is 2. The number of nitrogens with zero attached hydrogens (tertiary/aromatic N) is 1. The lowest BCUT2D eigenvalue weighted by Gasteiger charge is -2.15. The summed E-state index contributed by atoms with van der Waals surface area (Å²) in [6.45, 7) is 6.11. The number of ether oxygens (including phenoxy) is 2. The van der Waals surface area contributed by atoms with Gasteiger partial charge in [0.1, 0.15) is 18.1 Å². The van der Waals surface area contributed by atoms with Crippen molar-refractivity contribution < 1.29 is 29.3 Å². The number of benzene rings is 2. The van der Waals surface area contributed by atoms with Gasteiger partial charge in [0.15, 0.2) is 0 Å². The molecule has 0 saturated heterocycles. The molecule has 7 heteroatoms. The van der Waals surface area contributed by atoms with Gasteiger partial charge in [0, 0.05) is 0 Å². The first-order valence-electron chi connectivity index (χ1n) is 12.0. The maximum atomic E-state index is 9.10. The van der Waals surface area contributed by atoms with E-state index < -0.39 is 11.9 Å². The number of carboxylic acids is 2. The van der Waals surface area contributed by atoms with Crippen molar-refractivity contribution in [2.24, 2.45) is 0 Å². The largest absolute Gasteiger partial charge is 0.494 e. The normalized spacial score (nSPS) is 10.3. The second kappa shape index (κ2) is 18.4. The Bertz CT molecular complexity index is 783. The summed E-state index contributed by atoms with van der Waals surface area (Å²) in [5.41, 5.74) is 1.18. The van der Waals surface area contributed by atoms with E-state index in [1.807, 2.05) is 42.5 Å². The van der Waals surface area contributed by atoms with Crippen LogP contribution in [-0.2, 0) is 16.2 Å². The highest BCUT2D eigenvalue weighted by molar-refractivity contribution is 6.27. The Kier molecular flexibility index (Phi) is 15.7. The van der Waals surface area contributed by atoms with Crippen molar-refractivity contribution in [1.82, 2.24) is 4.90 Å². The average Bonchev–Trinajstić information content (AvgIpc) is 2.84. The van der Waals surface area contributed by atoms with Gasteiger partial charge in [-0.25, -0.2) is 9.59 Å². The quantitative estimate of drug-likeness (QED) is 0.261. The van der Waals surface area contributed by atoms with Crippen molar-refractivity contribution in [2.45, 2.75) is 58.5 Å². The molecule has 34 heavy (non-hydrogen) atoms. The molecule has 0 saturated carbocycles. The van der Waals surface area contributed by atoms with Gasteiger partial charge in [-0.05, 0) is 69.2 Å². The van der Waals surface area contributed by atoms with Crippen LogP contribution < -0.4 is 9.47 Å². The van der Waals surface area contributed by atoms with E-state index in [4.69, 9.17) is 29.3 Å². The fourth-order valence-electron chi connectivity index (χ4n) is 3.12. The van der Waals surface area contributed by atoms with E-state index in [1.165, 1.54) is 57.2 Å². The van der Waals surface area contributed by atoms with Crippen LogP contribution in [0.1, 0.15) is 57.4 Å². The number of hydrogen-bond donors (Lipinski definition) is 2. The Morgan fingerprint density at radius 3 is 1.85 bits per heavy atom. The minimum absolute atomic E-state index is 0.593. The van der Waals surface area contributed by atoms with Crippen LogP contribution in [0.5, 0.6) is 11.5 Å². The smallest absolute Gasteiger partial charge is 0.414 e. The van der Waals surface area contributed by atoms with Crippen molar-refractivity contribution in [3.05, 3.63) is 60.2 Å². The summed E-state index contributed by atoms with van der Waals surface area (Å²) in [6, 6.07) is 18.2. The number of carboxylic acid groups (broad SMARTS) is 2. The third kappa shape index (κ3) is 14.9. The fraction of sp³-hybridized carbons (Fsp3) is 0.481. The average molecular weight is 474 g/mol. The SMILES string of the molecule is CCCCN(C)CCCCCCCOc1ccc(OCc2ccccc2)cc1.O=C(O)C(=O)O. The van der Waals surface area contributed by atoms with Gasteiger partial charge in [0.25, 0.3) is 0 Å². The number of rotatable bonds is 15. The molecule has 0 spiro atoms. The highest BCUT2D eigenvalue weighted by Crippen LogP contribution is 2.19. The molecule has 2 aromatic rings. The molecule has 2 N–H and O–H groups in total. The lowest BCUT2D eigenvalue weighted by molar-refractivity contribution is -0.159. The Hall–Kier alpha value is -3.06. The van der Waals surface area contributed by atoms with Gasteiger partial charge in [0.05, 0.1) is 6.61 Å². The standard InChI is InChI=1S/C25H37NO2.C2H2O4/c1-3-4-19-26(2)20-11-6-5-7-12-21-27-24-15-17-25(18-16-24)28-22-23-13-9-8-10-14-23;3-1(4)2(5)6/h8-10,13-18H,3-7,11-12,19-22H2,1-2H3;(H,3,4)(H,5,6). The van der Waals surface area contributed by atoms with Crippen LogP contribution in [0.25, 0.3) is 0 Å². The summed E-state index contributed by atoms with van der Waals surface area (Å²) < 4.78 is 11.7. The lowest BCUT2D eigenvalue weighted by atomic mass is 10.1. The molecule has 0 atom stereocenters. The summed E-state index contributed by atoms with van der Waals surface area (Å²) >= 11 is 0. The molecular formula is C27H39NO6. The zero-order chi connectivity index (χ0) is 25.0. The van der Waals surface area contributed by atoms with Crippen LogP contribution in [0.15, 0.2) is 54.6 Å². The molecule has 0 radical (unpaired) electrons. The molecular weight excluding hydrogens is 434 g/mol. The third-order valence-corrected chi connectivity index (χ3v) is 5.10. The van der Waals surface area contributed by atoms with Gasteiger partial charge in [-0.2, -0.15) is 0 Å². The van der Waals surface area contributed by atoms with Crippen LogP contribution in [0.2, 0.25) is 0 Å². The van der Waals surface area contributed by atoms with Crippen molar-refractivity contribution in [3.63, 3.8) is 0 Å². The van der Waals surface area contributed by atoms with Gasteiger partial charge < -0.3 is 24.6 Å². The summed E-state index contributed by atoms with van der Waals surface area (Å²) in [6.07, 6.45) is 8.91. The summed E-state index contributed by atoms with van der Waals surface area (Å²) in [4.78, 5) is 20.7. The van der Waals surface area contributed by atoms with Crippen LogP contribution in [-0.4, -0.2) is 53.8 Å². The molecule has 0 aliphatic carbocycles. The number of hydrogen-bond acceptors (Lipinski definition) is 5. The Morgan fingerprint density at radius 1 is 0.735 bits per heavy atom. The van der Waals surface area contributed by atoms with E-state index in [2.05, 4.69) is 31.0 Å². The summed E-state index contributed by atoms with van der Waals surface area (Å²) in [7, 11) is 2.24. The van der Waals surface area contributed by atoms with Crippen LogP contribution in [0, 0.1) is 0 Å². The first-order chi connectivity index (χ1) is 16.4. The highest BCUT2D eigenvalue weighted by atomic mass is 16.5. The van der Waals surface area contributed by atoms with E-state index in [-0.39, 0.29) is 0 Å². The molecule has 188 valence electrons. The van der Waals surface area contributed by atoms with E-state index in [0.717, 1.165) is 24.5 Å². The van der Waals surface area contributed by atoms with Crippen molar-refractivity contribution in [2.75, 3.05) is 26.7 Å². The fourth-order valence-corrected chi connectivity index (χ4v) is 3.12. The Labute approximate surface area is 203 Å². The van der Waals surface area contributed by atoms with E-state index in [9.17, 15) is 0 Å². The molecule has 2 aromatic carbocycles. The Balaban J connectivity index is 0.000000852. The zero-order valence-electron chi connectivity index (χ0n) is 20.4. The zero-order valence-corrected chi connectivity index (χ0v) is 20.4. The lowest BCUT2D eigenvalue weighted by Crippen LogP contribution is -2.20. The van der Waals surface area contributed by atoms with Gasteiger partial charge in [-0.1, -0.05) is 62.9 Å². The molecule has 0 aliphatic rings. The topological polar surface area (TPSA) is 96.3 Å². The van der Waals surface area contributed by atoms with Crippen molar-refractivity contribution >= 4 is 11.9 Å². The molecule has 7 nitrogen and oxygen atoms in total. The summed E-state index contributed by atoms with van der Waals surface area (Å²) in [5.74, 6) is -1.85. The predicted molar refractivity (Wildman–Crippen MR) is 133 cm³/mol. The summed E-state index contributed by atoms with van der Waals surface area (Å²) in [5, 5.41) is 14.8. The number of carbonyl (C=O) groups is 2. The molecule has 0 amide bonds. The minimum Gasteiger partial charge on any atom is -0.494 e. The van der Waals surface area contributed by atoms with E-state index in [1.54, 1.807) is 0 Å². The molecule has 0 aliphatic heterocycles. The van der Waals surface area contributed by atoms with E-state index >= 15 is 0 Å². The van der Waals surface area contributed by atoms with Gasteiger partial charge in [-0.3, -0.25) is 0 Å². The highest BCUT2D eigenvalue weighted by Gasteiger charge is 2.04. The molecule has 0 aromatic heterocycles. The first kappa shape index (κ1) is 29.0. The van der Waals surface area contributed by atoms with Gasteiger partial charge >= 0.3 is 11.9 Å². The van der Waals surface area contributed by atoms with Gasteiger partial charge in [-0.15, -0.1) is 0 Å². The molecule has 0 fully saturated rings. The second-order valence-electron chi connectivity index (χ2n) is 8.13. The van der Waals surface area contributed by atoms with E-state index in [0.29, 0.717) is 6.61 Å². The number of unbranched alkanes of at least 4 members (excludes halogenated alkanes) is 5.